The van der Waals surface area contributed by atoms with Gasteiger partial charge in [-0.05, 0) is 50.8 Å². The first-order valence-corrected chi connectivity index (χ1v) is 12.9. The average Bonchev–Trinajstić information content (AvgIpc) is 2.78. The number of anilines is 1. The normalized spacial score (nSPS) is 14.2. The summed E-state index contributed by atoms with van der Waals surface area (Å²) in [5.74, 6) is -2.02. The molecular weight excluding hydrogens is 500 g/mol. The fourth-order valence-electron chi connectivity index (χ4n) is 4.07. The number of hydrogen-bond donors (Lipinski definition) is 3. The molecule has 1 aromatic carbocycles. The first-order valence-electron chi connectivity index (χ1n) is 12.9. The van der Waals surface area contributed by atoms with Crippen molar-refractivity contribution in [2.45, 2.75) is 85.4 Å². The van der Waals surface area contributed by atoms with E-state index in [1.54, 1.807) is 46.0 Å². The van der Waals surface area contributed by atoms with Gasteiger partial charge in [0.05, 0.1) is 0 Å². The third kappa shape index (κ3) is 9.30. The first-order chi connectivity index (χ1) is 17.6. The summed E-state index contributed by atoms with van der Waals surface area (Å²) in [6.45, 7) is 15.8. The minimum Gasteiger partial charge on any atom is -0.478 e. The number of carboxylic acids is 1. The number of hydrogen-bond acceptors (Lipinski definition) is 6. The molecule has 2 unspecified atom stereocenters. The Kier molecular flexibility index (Phi) is 10.8. The van der Waals surface area contributed by atoms with E-state index in [4.69, 9.17) is 15.6 Å². The number of nitrogens with two attached hydrogens (primary N) is 1. The van der Waals surface area contributed by atoms with Crippen molar-refractivity contribution in [3.8, 4) is 0 Å². The number of carboxylic acid groups (broad SMARTS) is 1. The lowest BCUT2D eigenvalue weighted by atomic mass is 9.76. The predicted molar refractivity (Wildman–Crippen MR) is 152 cm³/mol. The second kappa shape index (κ2) is 12.5. The number of amides is 3. The maximum Gasteiger partial charge on any atom is 0.410 e. The van der Waals surface area contributed by atoms with Crippen molar-refractivity contribution in [3.63, 3.8) is 0 Å². The van der Waals surface area contributed by atoms with Crippen LogP contribution in [-0.4, -0.2) is 77.1 Å². The highest BCUT2D eigenvalue weighted by atomic mass is 16.6. The van der Waals surface area contributed by atoms with Crippen LogP contribution in [0.15, 0.2) is 35.9 Å². The van der Waals surface area contributed by atoms with Crippen molar-refractivity contribution < 1.29 is 29.0 Å². The van der Waals surface area contributed by atoms with E-state index < -0.39 is 52.4 Å². The summed E-state index contributed by atoms with van der Waals surface area (Å²) in [7, 11) is 3.03. The Morgan fingerprint density at radius 2 is 1.62 bits per heavy atom. The summed E-state index contributed by atoms with van der Waals surface area (Å²) in [5.41, 5.74) is 4.94. The van der Waals surface area contributed by atoms with E-state index in [0.29, 0.717) is 5.69 Å². The topological polar surface area (TPSA) is 142 Å². The van der Waals surface area contributed by atoms with Crippen molar-refractivity contribution in [1.29, 1.82) is 0 Å². The quantitative estimate of drug-likeness (QED) is 0.316. The molecule has 2 atom stereocenters. The molecule has 0 heterocycles. The van der Waals surface area contributed by atoms with Crippen molar-refractivity contribution in [2.24, 2.45) is 5.41 Å². The van der Waals surface area contributed by atoms with Crippen LogP contribution < -0.4 is 11.1 Å². The maximum absolute atomic E-state index is 14.0. The molecular formula is C29H46N4O6. The van der Waals surface area contributed by atoms with E-state index in [0.717, 1.165) is 5.56 Å². The van der Waals surface area contributed by atoms with Crippen LogP contribution in [0, 0.1) is 5.41 Å². The van der Waals surface area contributed by atoms with E-state index in [2.05, 4.69) is 5.32 Å². The third-order valence-electron chi connectivity index (χ3n) is 6.42. The zero-order chi connectivity index (χ0) is 30.5. The van der Waals surface area contributed by atoms with Gasteiger partial charge in [0.1, 0.15) is 17.7 Å². The van der Waals surface area contributed by atoms with Gasteiger partial charge in [-0.2, -0.15) is 0 Å². The number of nitrogens with one attached hydrogen (secondary N) is 1. The van der Waals surface area contributed by atoms with Gasteiger partial charge < -0.3 is 25.8 Å². The summed E-state index contributed by atoms with van der Waals surface area (Å²) >= 11 is 0. The van der Waals surface area contributed by atoms with Gasteiger partial charge in [0.25, 0.3) is 0 Å². The average molecular weight is 547 g/mol. The Morgan fingerprint density at radius 3 is 2.08 bits per heavy atom. The molecule has 0 spiro atoms. The Balaban J connectivity index is 3.50. The zero-order valence-electron chi connectivity index (χ0n) is 25.2. The second-order valence-electron chi connectivity index (χ2n) is 12.6. The van der Waals surface area contributed by atoms with Gasteiger partial charge in [0.15, 0.2) is 0 Å². The molecule has 10 nitrogen and oxygen atoms in total. The molecule has 39 heavy (non-hydrogen) atoms. The van der Waals surface area contributed by atoms with E-state index in [9.17, 15) is 19.2 Å². The summed E-state index contributed by atoms with van der Waals surface area (Å²) in [4.78, 5) is 54.5. The van der Waals surface area contributed by atoms with E-state index in [1.807, 2.05) is 40.7 Å². The van der Waals surface area contributed by atoms with Crippen LogP contribution >= 0.6 is 0 Å². The molecule has 0 radical (unpaired) electrons. The zero-order valence-corrected chi connectivity index (χ0v) is 25.2. The number of nitrogens with zero attached hydrogens (tertiary/aromatic N) is 2. The molecule has 1 rings (SSSR count). The molecule has 0 aromatic heterocycles. The highest BCUT2D eigenvalue weighted by molar-refractivity contribution is 5.93. The van der Waals surface area contributed by atoms with Gasteiger partial charge >= 0.3 is 12.1 Å². The minimum absolute atomic E-state index is 0.0510. The molecule has 3 amide bonds. The number of ether oxygens (including phenoxy) is 1. The van der Waals surface area contributed by atoms with Crippen LogP contribution in [0.5, 0.6) is 0 Å². The lowest BCUT2D eigenvalue weighted by Gasteiger charge is -2.42. The lowest BCUT2D eigenvalue weighted by Crippen LogP contribution is -2.62. The van der Waals surface area contributed by atoms with Crippen LogP contribution in [0.1, 0.15) is 67.9 Å². The third-order valence-corrected chi connectivity index (χ3v) is 6.42. The highest BCUT2D eigenvalue weighted by Gasteiger charge is 2.45. The molecule has 0 bridgehead atoms. The Bertz CT molecular complexity index is 1100. The molecule has 0 fully saturated rings. The molecule has 0 aliphatic rings. The Labute approximate surface area is 232 Å². The van der Waals surface area contributed by atoms with Gasteiger partial charge in [-0.15, -0.1) is 0 Å². The minimum atomic E-state index is -1.08. The lowest BCUT2D eigenvalue weighted by molar-refractivity contribution is -0.140. The van der Waals surface area contributed by atoms with Crippen LogP contribution in [0.3, 0.4) is 0 Å². The number of nitrogen functional groups attached to an aromatic ring is 1. The summed E-state index contributed by atoms with van der Waals surface area (Å²) in [6, 6.07) is 5.04. The van der Waals surface area contributed by atoms with E-state index in [-0.39, 0.29) is 12.1 Å². The van der Waals surface area contributed by atoms with Crippen LogP contribution in [0.4, 0.5) is 10.5 Å². The molecule has 218 valence electrons. The summed E-state index contributed by atoms with van der Waals surface area (Å²) in [5, 5.41) is 12.0. The molecule has 0 saturated carbocycles. The van der Waals surface area contributed by atoms with Crippen LogP contribution in [0.2, 0.25) is 0 Å². The van der Waals surface area contributed by atoms with E-state index >= 15 is 0 Å². The number of carbonyl (C=O) groups excluding carboxylic acids is 3. The van der Waals surface area contributed by atoms with Crippen molar-refractivity contribution >= 4 is 29.6 Å². The number of likely N-dealkylation sites (N-methyl/N-ethyl adjacent to an activating group) is 2. The van der Waals surface area contributed by atoms with Crippen molar-refractivity contribution in [2.75, 3.05) is 26.4 Å². The fourth-order valence-corrected chi connectivity index (χ4v) is 4.07. The van der Waals surface area contributed by atoms with Crippen molar-refractivity contribution in [3.05, 3.63) is 41.5 Å². The van der Waals surface area contributed by atoms with Gasteiger partial charge in [0, 0.05) is 37.3 Å². The molecule has 0 aliphatic heterocycles. The van der Waals surface area contributed by atoms with E-state index in [1.165, 1.54) is 29.8 Å². The first kappa shape index (κ1) is 33.5. The number of aliphatic carboxylic acids is 1. The molecule has 0 aliphatic carbocycles. The monoisotopic (exact) mass is 546 g/mol. The molecule has 10 heteroatoms. The summed E-state index contributed by atoms with van der Waals surface area (Å²) < 4.78 is 5.57. The molecule has 0 saturated heterocycles. The number of benzene rings is 1. The van der Waals surface area contributed by atoms with Crippen molar-refractivity contribution in [1.82, 2.24) is 15.1 Å². The van der Waals surface area contributed by atoms with Gasteiger partial charge in [-0.1, -0.05) is 52.8 Å². The summed E-state index contributed by atoms with van der Waals surface area (Å²) in [6.07, 6.45) is 0.744. The van der Waals surface area contributed by atoms with Crippen LogP contribution in [-0.2, 0) is 24.5 Å². The predicted octanol–water partition coefficient (Wildman–Crippen LogP) is 3.80. The smallest absolute Gasteiger partial charge is 0.410 e. The van der Waals surface area contributed by atoms with Gasteiger partial charge in [-0.25, -0.2) is 9.59 Å². The standard InChI is InChI=1S/C29H46N4O6/c1-18(25(36)37)15-16-32(10)24(35)21(27(2,3)4)31-23(34)22(33(11)26(38)39-28(5,6)7)29(8,9)19-13-12-14-20(30)17-19/h12-15,17,21-22H,16,30H2,1-11H3,(H,31,34)(H,36,37)/b18-15+. The molecule has 4 N–H and O–H groups in total. The highest BCUT2D eigenvalue weighted by Crippen LogP contribution is 2.33. The molecule has 1 aromatic rings. The van der Waals surface area contributed by atoms with Gasteiger partial charge in [0.2, 0.25) is 11.8 Å². The van der Waals surface area contributed by atoms with Gasteiger partial charge in [-0.3, -0.25) is 14.5 Å². The Hall–Kier alpha value is -3.56. The number of carbonyl (C=O) groups is 4. The largest absolute Gasteiger partial charge is 0.478 e. The second-order valence-corrected chi connectivity index (χ2v) is 12.6. The maximum atomic E-state index is 14.0. The Morgan fingerprint density at radius 1 is 1.05 bits per heavy atom. The fraction of sp³-hybridized carbons (Fsp3) is 0.586. The SMILES string of the molecule is C/C(=C\CN(C)C(=O)C(NC(=O)C(N(C)C(=O)OC(C)(C)C)C(C)(C)c1cccc(N)c1)C(C)(C)C)C(=O)O. The van der Waals surface area contributed by atoms with Crippen LogP contribution in [0.25, 0.3) is 0 Å². The number of rotatable bonds is 9.